The monoisotopic (exact) mass is 297 g/mol. The Morgan fingerprint density at radius 2 is 1.95 bits per heavy atom. The van der Waals surface area contributed by atoms with Gasteiger partial charge in [0, 0.05) is 25.0 Å². The number of piperidine rings is 1. The first-order chi connectivity index (χ1) is 8.86. The van der Waals surface area contributed by atoms with Crippen molar-refractivity contribution in [3.05, 3.63) is 33.8 Å². The Morgan fingerprint density at radius 3 is 2.58 bits per heavy atom. The SMILES string of the molecule is CC(C)CN1C[C@]2(C)C[C@]2(c2ccc(Cl)c(Cl)c2)C1. The minimum Gasteiger partial charge on any atom is -0.302 e. The first kappa shape index (κ1) is 13.7. The summed E-state index contributed by atoms with van der Waals surface area (Å²) < 4.78 is 0. The van der Waals surface area contributed by atoms with E-state index in [2.05, 4.69) is 37.8 Å². The van der Waals surface area contributed by atoms with Crippen LogP contribution >= 0.6 is 23.2 Å². The summed E-state index contributed by atoms with van der Waals surface area (Å²) in [6.07, 6.45) is 1.28. The van der Waals surface area contributed by atoms with E-state index in [1.165, 1.54) is 31.6 Å². The van der Waals surface area contributed by atoms with Gasteiger partial charge in [-0.3, -0.25) is 0 Å². The van der Waals surface area contributed by atoms with Gasteiger partial charge in [0.1, 0.15) is 0 Å². The molecule has 0 unspecified atom stereocenters. The van der Waals surface area contributed by atoms with Gasteiger partial charge in [0.25, 0.3) is 0 Å². The van der Waals surface area contributed by atoms with Crippen molar-refractivity contribution in [1.29, 1.82) is 0 Å². The summed E-state index contributed by atoms with van der Waals surface area (Å²) in [6, 6.07) is 6.18. The third-order valence-corrected chi connectivity index (χ3v) is 5.62. The number of benzene rings is 1. The quantitative estimate of drug-likeness (QED) is 0.787. The number of hydrogen-bond acceptors (Lipinski definition) is 1. The van der Waals surface area contributed by atoms with E-state index < -0.39 is 0 Å². The van der Waals surface area contributed by atoms with Crippen LogP contribution in [0.4, 0.5) is 0 Å². The number of rotatable bonds is 3. The smallest absolute Gasteiger partial charge is 0.0595 e. The van der Waals surface area contributed by atoms with Gasteiger partial charge in [-0.15, -0.1) is 0 Å². The van der Waals surface area contributed by atoms with E-state index in [-0.39, 0.29) is 0 Å². The van der Waals surface area contributed by atoms with Crippen LogP contribution in [0.5, 0.6) is 0 Å². The number of nitrogens with zero attached hydrogens (tertiary/aromatic N) is 1. The molecule has 1 heterocycles. The van der Waals surface area contributed by atoms with E-state index in [1.54, 1.807) is 0 Å². The number of fused-ring (bicyclic) bond motifs is 1. The number of hydrogen-bond donors (Lipinski definition) is 0. The largest absolute Gasteiger partial charge is 0.302 e. The standard InChI is InChI=1S/C16H21Cl2N/c1-11(2)7-19-9-15(3)8-16(15,10-19)12-4-5-13(17)14(18)6-12/h4-6,11H,7-10H2,1-3H3/t15-,16+/m0/s1. The molecule has 0 bridgehead atoms. The highest BCUT2D eigenvalue weighted by atomic mass is 35.5. The van der Waals surface area contributed by atoms with Crippen molar-refractivity contribution < 1.29 is 0 Å². The molecule has 3 heteroatoms. The topological polar surface area (TPSA) is 3.24 Å². The van der Waals surface area contributed by atoms with Crippen LogP contribution in [0.1, 0.15) is 32.8 Å². The molecule has 2 aliphatic rings. The molecule has 0 aromatic heterocycles. The molecular weight excluding hydrogens is 277 g/mol. The minimum absolute atomic E-state index is 0.316. The zero-order valence-electron chi connectivity index (χ0n) is 11.8. The second kappa shape index (κ2) is 4.38. The molecule has 104 valence electrons. The zero-order valence-corrected chi connectivity index (χ0v) is 13.4. The molecular formula is C16H21Cl2N. The number of likely N-dealkylation sites (tertiary alicyclic amines) is 1. The Morgan fingerprint density at radius 1 is 1.21 bits per heavy atom. The molecule has 1 nitrogen and oxygen atoms in total. The molecule has 0 radical (unpaired) electrons. The molecule has 1 aromatic rings. The van der Waals surface area contributed by atoms with E-state index in [0.717, 1.165) is 5.92 Å². The Labute approximate surface area is 125 Å². The summed E-state index contributed by atoms with van der Waals surface area (Å²) in [5, 5.41) is 1.34. The van der Waals surface area contributed by atoms with Crippen LogP contribution in [-0.4, -0.2) is 24.5 Å². The predicted octanol–water partition coefficient (Wildman–Crippen LogP) is 4.61. The number of halogens is 2. The fourth-order valence-corrected chi connectivity index (χ4v) is 4.29. The fourth-order valence-electron chi connectivity index (χ4n) is 3.99. The van der Waals surface area contributed by atoms with E-state index >= 15 is 0 Å². The highest BCUT2D eigenvalue weighted by Crippen LogP contribution is 2.68. The summed E-state index contributed by atoms with van der Waals surface area (Å²) in [7, 11) is 0. The van der Waals surface area contributed by atoms with Gasteiger partial charge < -0.3 is 4.90 Å². The molecule has 2 fully saturated rings. The van der Waals surface area contributed by atoms with Crippen LogP contribution in [0.2, 0.25) is 10.0 Å². The molecule has 1 saturated carbocycles. The second-order valence-electron chi connectivity index (χ2n) is 7.01. The normalized spacial score (nSPS) is 33.8. The Hall–Kier alpha value is -0.240. The lowest BCUT2D eigenvalue weighted by atomic mass is 9.90. The van der Waals surface area contributed by atoms with Crippen LogP contribution in [0, 0.1) is 11.3 Å². The molecule has 1 aliphatic heterocycles. The van der Waals surface area contributed by atoms with Crippen molar-refractivity contribution in [2.24, 2.45) is 11.3 Å². The van der Waals surface area contributed by atoms with Crippen molar-refractivity contribution in [1.82, 2.24) is 4.90 Å². The van der Waals surface area contributed by atoms with Gasteiger partial charge in [0.15, 0.2) is 0 Å². The lowest BCUT2D eigenvalue weighted by molar-refractivity contribution is 0.253. The van der Waals surface area contributed by atoms with E-state index in [9.17, 15) is 0 Å². The van der Waals surface area contributed by atoms with Crippen molar-refractivity contribution in [2.45, 2.75) is 32.6 Å². The third kappa shape index (κ3) is 2.11. The van der Waals surface area contributed by atoms with Gasteiger partial charge in [0.05, 0.1) is 10.0 Å². The average molecular weight is 298 g/mol. The lowest BCUT2D eigenvalue weighted by Gasteiger charge is -2.23. The second-order valence-corrected chi connectivity index (χ2v) is 7.83. The van der Waals surface area contributed by atoms with Crippen LogP contribution in [-0.2, 0) is 5.41 Å². The molecule has 0 spiro atoms. The predicted molar refractivity (Wildman–Crippen MR) is 82.1 cm³/mol. The molecule has 3 rings (SSSR count). The van der Waals surface area contributed by atoms with Gasteiger partial charge in [-0.2, -0.15) is 0 Å². The molecule has 0 N–H and O–H groups in total. The highest BCUT2D eigenvalue weighted by Gasteiger charge is 2.69. The van der Waals surface area contributed by atoms with Gasteiger partial charge in [-0.25, -0.2) is 0 Å². The summed E-state index contributed by atoms with van der Waals surface area (Å²) in [4.78, 5) is 2.61. The Balaban J connectivity index is 1.87. The van der Waals surface area contributed by atoms with Crippen molar-refractivity contribution >= 4 is 23.2 Å². The van der Waals surface area contributed by atoms with Gasteiger partial charge in [0.2, 0.25) is 0 Å². The van der Waals surface area contributed by atoms with Crippen LogP contribution < -0.4 is 0 Å². The summed E-state index contributed by atoms with van der Waals surface area (Å²) >= 11 is 12.2. The van der Waals surface area contributed by atoms with Crippen LogP contribution in [0.3, 0.4) is 0 Å². The maximum atomic E-state index is 6.19. The summed E-state index contributed by atoms with van der Waals surface area (Å²) in [6.45, 7) is 10.6. The van der Waals surface area contributed by atoms with E-state index in [0.29, 0.717) is 20.9 Å². The first-order valence-corrected chi connectivity index (χ1v) is 7.80. The zero-order chi connectivity index (χ0) is 13.8. The van der Waals surface area contributed by atoms with Gasteiger partial charge in [-0.05, 0) is 35.4 Å². The average Bonchev–Trinajstić information content (AvgIpc) is 2.77. The summed E-state index contributed by atoms with van der Waals surface area (Å²) in [5.41, 5.74) is 2.12. The van der Waals surface area contributed by atoms with E-state index in [4.69, 9.17) is 23.2 Å². The molecule has 19 heavy (non-hydrogen) atoms. The molecule has 1 aromatic carbocycles. The third-order valence-electron chi connectivity index (χ3n) is 4.88. The van der Waals surface area contributed by atoms with Crippen molar-refractivity contribution in [2.75, 3.05) is 19.6 Å². The Bertz CT molecular complexity index is 513. The molecule has 1 saturated heterocycles. The minimum atomic E-state index is 0.316. The highest BCUT2D eigenvalue weighted by molar-refractivity contribution is 6.42. The fraction of sp³-hybridized carbons (Fsp3) is 0.625. The van der Waals surface area contributed by atoms with Crippen LogP contribution in [0.25, 0.3) is 0 Å². The van der Waals surface area contributed by atoms with Crippen molar-refractivity contribution in [3.8, 4) is 0 Å². The van der Waals surface area contributed by atoms with Crippen LogP contribution in [0.15, 0.2) is 18.2 Å². The first-order valence-electron chi connectivity index (χ1n) is 7.04. The van der Waals surface area contributed by atoms with Gasteiger partial charge in [-0.1, -0.05) is 50.0 Å². The molecule has 1 aliphatic carbocycles. The van der Waals surface area contributed by atoms with E-state index in [1.807, 2.05) is 6.07 Å². The maximum Gasteiger partial charge on any atom is 0.0595 e. The van der Waals surface area contributed by atoms with Crippen molar-refractivity contribution in [3.63, 3.8) is 0 Å². The van der Waals surface area contributed by atoms with Gasteiger partial charge >= 0.3 is 0 Å². The summed E-state index contributed by atoms with van der Waals surface area (Å²) in [5.74, 6) is 0.729. The Kier molecular flexibility index (Phi) is 3.16. The molecule has 2 atom stereocenters. The molecule has 0 amide bonds. The lowest BCUT2D eigenvalue weighted by Crippen LogP contribution is -2.30. The maximum absolute atomic E-state index is 6.19.